The minimum atomic E-state index is -1.18. The van der Waals surface area contributed by atoms with Gasteiger partial charge in [-0.1, -0.05) is 12.1 Å². The third-order valence-electron chi connectivity index (χ3n) is 3.17. The van der Waals surface area contributed by atoms with Gasteiger partial charge in [0, 0.05) is 0 Å². The molecule has 1 aliphatic rings. The van der Waals surface area contributed by atoms with E-state index in [0.29, 0.717) is 12.8 Å². The minimum absolute atomic E-state index is 0.0376. The molecule has 1 aromatic rings. The van der Waals surface area contributed by atoms with Gasteiger partial charge in [-0.25, -0.2) is 9.59 Å². The van der Waals surface area contributed by atoms with Gasteiger partial charge in [-0.3, -0.25) is 4.79 Å². The Balaban J connectivity index is 2.17. The van der Waals surface area contributed by atoms with E-state index in [1.165, 1.54) is 12.1 Å². The van der Waals surface area contributed by atoms with Gasteiger partial charge in [0.2, 0.25) is 0 Å². The first kappa shape index (κ1) is 14.0. The fourth-order valence-electron chi connectivity index (χ4n) is 1.93. The topological polar surface area (TPSA) is 92.7 Å². The second-order valence-corrected chi connectivity index (χ2v) is 4.61. The number of amides is 1. The maximum atomic E-state index is 12.2. The summed E-state index contributed by atoms with van der Waals surface area (Å²) in [6, 6.07) is 5.88. The zero-order valence-corrected chi connectivity index (χ0v) is 11.0. The molecule has 0 radical (unpaired) electrons. The lowest BCUT2D eigenvalue weighted by Crippen LogP contribution is -2.44. The molecule has 2 N–H and O–H groups in total. The lowest BCUT2D eigenvalue weighted by Gasteiger charge is -2.16. The number of carboxylic acids is 1. The number of aromatic carboxylic acids is 1. The largest absolute Gasteiger partial charge is 0.478 e. The van der Waals surface area contributed by atoms with E-state index in [9.17, 15) is 14.4 Å². The highest BCUT2D eigenvalue weighted by molar-refractivity contribution is 6.06. The van der Waals surface area contributed by atoms with E-state index >= 15 is 0 Å². The van der Waals surface area contributed by atoms with Crippen molar-refractivity contribution >= 4 is 17.8 Å². The molecule has 1 aliphatic carbocycles. The van der Waals surface area contributed by atoms with Crippen molar-refractivity contribution in [1.82, 2.24) is 5.32 Å². The number of hydrogen-bond acceptors (Lipinski definition) is 4. The highest BCUT2D eigenvalue weighted by Gasteiger charge is 2.52. The molecule has 20 heavy (non-hydrogen) atoms. The van der Waals surface area contributed by atoms with E-state index in [1.54, 1.807) is 19.1 Å². The van der Waals surface area contributed by atoms with Crippen molar-refractivity contribution < 1.29 is 24.2 Å². The van der Waals surface area contributed by atoms with Crippen LogP contribution < -0.4 is 5.32 Å². The predicted octanol–water partition coefficient (Wildman–Crippen LogP) is 1.21. The first-order valence-electron chi connectivity index (χ1n) is 6.32. The predicted molar refractivity (Wildman–Crippen MR) is 69.5 cm³/mol. The molecule has 2 rings (SSSR count). The van der Waals surface area contributed by atoms with E-state index in [2.05, 4.69) is 5.32 Å². The van der Waals surface area contributed by atoms with Crippen LogP contribution in [0, 0.1) is 0 Å². The van der Waals surface area contributed by atoms with Gasteiger partial charge in [0.1, 0.15) is 5.54 Å². The first-order valence-corrected chi connectivity index (χ1v) is 6.32. The Morgan fingerprint density at radius 2 is 1.85 bits per heavy atom. The lowest BCUT2D eigenvalue weighted by atomic mass is 10.1. The summed E-state index contributed by atoms with van der Waals surface area (Å²) in [4.78, 5) is 35.0. The van der Waals surface area contributed by atoms with Crippen molar-refractivity contribution in [1.29, 1.82) is 0 Å². The Hall–Kier alpha value is -2.37. The summed E-state index contributed by atoms with van der Waals surface area (Å²) in [5.74, 6) is -2.23. The Morgan fingerprint density at radius 1 is 1.25 bits per heavy atom. The molecule has 0 atom stereocenters. The number of hydrogen-bond donors (Lipinski definition) is 2. The van der Waals surface area contributed by atoms with Crippen LogP contribution in [-0.4, -0.2) is 35.1 Å². The highest BCUT2D eigenvalue weighted by Crippen LogP contribution is 2.37. The van der Waals surface area contributed by atoms with Crippen molar-refractivity contribution in [2.45, 2.75) is 25.3 Å². The first-order chi connectivity index (χ1) is 9.50. The standard InChI is InChI=1S/C14H15NO5/c1-2-20-13(19)14(7-8-14)15-11(16)9-5-3-4-6-10(9)12(17)18/h3-6H,2,7-8H2,1H3,(H,15,16)(H,17,18). The van der Waals surface area contributed by atoms with Crippen molar-refractivity contribution in [3.63, 3.8) is 0 Å². The van der Waals surface area contributed by atoms with Crippen LogP contribution in [0.25, 0.3) is 0 Å². The van der Waals surface area contributed by atoms with E-state index in [4.69, 9.17) is 9.84 Å². The maximum absolute atomic E-state index is 12.2. The molecule has 0 heterocycles. The molecular weight excluding hydrogens is 262 g/mol. The monoisotopic (exact) mass is 277 g/mol. The summed E-state index contributed by atoms with van der Waals surface area (Å²) in [6.07, 6.45) is 1.01. The van der Waals surface area contributed by atoms with Crippen LogP contribution in [0.2, 0.25) is 0 Å². The number of nitrogens with one attached hydrogen (secondary N) is 1. The summed E-state index contributed by atoms with van der Waals surface area (Å²) < 4.78 is 4.91. The lowest BCUT2D eigenvalue weighted by molar-refractivity contribution is -0.146. The summed E-state index contributed by atoms with van der Waals surface area (Å²) in [7, 11) is 0. The van der Waals surface area contributed by atoms with Crippen LogP contribution in [0.1, 0.15) is 40.5 Å². The Bertz CT molecular complexity index is 562. The second-order valence-electron chi connectivity index (χ2n) is 4.61. The van der Waals surface area contributed by atoms with Crippen LogP contribution in [0.4, 0.5) is 0 Å². The number of ether oxygens (including phenoxy) is 1. The van der Waals surface area contributed by atoms with Gasteiger partial charge >= 0.3 is 11.9 Å². The van der Waals surface area contributed by atoms with E-state index in [-0.39, 0.29) is 17.7 Å². The van der Waals surface area contributed by atoms with Gasteiger partial charge in [-0.2, -0.15) is 0 Å². The summed E-state index contributed by atoms with van der Waals surface area (Å²) in [6.45, 7) is 1.93. The van der Waals surface area contributed by atoms with Crippen molar-refractivity contribution in [3.05, 3.63) is 35.4 Å². The molecule has 1 saturated carbocycles. The summed E-state index contributed by atoms with van der Waals surface area (Å²) >= 11 is 0. The van der Waals surface area contributed by atoms with Gasteiger partial charge in [-0.05, 0) is 31.9 Å². The van der Waals surface area contributed by atoms with Gasteiger partial charge in [0.25, 0.3) is 5.91 Å². The fraction of sp³-hybridized carbons (Fsp3) is 0.357. The highest BCUT2D eigenvalue weighted by atomic mass is 16.5. The van der Waals surface area contributed by atoms with E-state index in [1.807, 2.05) is 0 Å². The molecule has 0 saturated heterocycles. The number of benzene rings is 1. The number of carbonyl (C=O) groups is 3. The van der Waals surface area contributed by atoms with E-state index in [0.717, 1.165) is 0 Å². The van der Waals surface area contributed by atoms with Crippen molar-refractivity contribution in [3.8, 4) is 0 Å². The van der Waals surface area contributed by atoms with Crippen LogP contribution >= 0.6 is 0 Å². The Kier molecular flexibility index (Phi) is 3.74. The molecular formula is C14H15NO5. The number of esters is 1. The van der Waals surface area contributed by atoms with Crippen LogP contribution in [0.15, 0.2) is 24.3 Å². The van der Waals surface area contributed by atoms with Crippen LogP contribution in [0.3, 0.4) is 0 Å². The molecule has 6 heteroatoms. The van der Waals surface area contributed by atoms with Crippen LogP contribution in [0.5, 0.6) is 0 Å². The molecule has 0 aliphatic heterocycles. The smallest absolute Gasteiger partial charge is 0.336 e. The molecule has 106 valence electrons. The number of carbonyl (C=O) groups excluding carboxylic acids is 2. The molecule has 1 fully saturated rings. The second kappa shape index (κ2) is 5.32. The average Bonchev–Trinajstić information content (AvgIpc) is 3.20. The van der Waals surface area contributed by atoms with Gasteiger partial charge in [-0.15, -0.1) is 0 Å². The molecule has 6 nitrogen and oxygen atoms in total. The van der Waals surface area contributed by atoms with Crippen LogP contribution in [-0.2, 0) is 9.53 Å². The third kappa shape index (κ3) is 2.64. The van der Waals surface area contributed by atoms with Gasteiger partial charge in [0.05, 0.1) is 17.7 Å². The normalized spacial score (nSPS) is 15.2. The molecule has 1 aromatic carbocycles. The van der Waals surface area contributed by atoms with E-state index < -0.39 is 23.4 Å². The summed E-state index contributed by atoms with van der Waals surface area (Å²) in [5, 5.41) is 11.6. The zero-order valence-electron chi connectivity index (χ0n) is 11.0. The summed E-state index contributed by atoms with van der Waals surface area (Å²) in [5.41, 5.74) is -1.04. The molecule has 0 aromatic heterocycles. The molecule has 0 bridgehead atoms. The number of carboxylic acid groups (broad SMARTS) is 1. The number of rotatable bonds is 5. The van der Waals surface area contributed by atoms with Crippen molar-refractivity contribution in [2.24, 2.45) is 0 Å². The SMILES string of the molecule is CCOC(=O)C1(NC(=O)c2ccccc2C(=O)O)CC1. The Labute approximate surface area is 115 Å². The average molecular weight is 277 g/mol. The Morgan fingerprint density at radius 3 is 2.35 bits per heavy atom. The minimum Gasteiger partial charge on any atom is -0.478 e. The van der Waals surface area contributed by atoms with Crippen molar-refractivity contribution in [2.75, 3.05) is 6.61 Å². The zero-order chi connectivity index (χ0) is 14.8. The maximum Gasteiger partial charge on any atom is 0.336 e. The molecule has 0 spiro atoms. The third-order valence-corrected chi connectivity index (χ3v) is 3.17. The molecule has 0 unspecified atom stereocenters. The quantitative estimate of drug-likeness (QED) is 0.789. The van der Waals surface area contributed by atoms with Gasteiger partial charge < -0.3 is 15.2 Å². The molecule has 1 amide bonds. The fourth-order valence-corrected chi connectivity index (χ4v) is 1.93. The van der Waals surface area contributed by atoms with Gasteiger partial charge in [0.15, 0.2) is 0 Å².